The Balaban J connectivity index is -0.0000000208. The van der Waals surface area contributed by atoms with Crippen LogP contribution in [0.25, 0.3) is 0 Å². The van der Waals surface area contributed by atoms with Crippen LogP contribution in [-0.2, 0) is 25.8 Å². The third-order valence-corrected chi connectivity index (χ3v) is 0.854. The molecule has 6 N–H and O–H groups in total. The maximum absolute atomic E-state index is 3.72. The van der Waals surface area contributed by atoms with Gasteiger partial charge in [-0.3, -0.25) is 0 Å². The zero-order valence-corrected chi connectivity index (χ0v) is 10.1. The first-order valence-corrected chi connectivity index (χ1v) is 2.71. The van der Waals surface area contributed by atoms with E-state index in [0.29, 0.717) is 0 Å². The molecule has 3 nitrogen and oxygen atoms in total. The van der Waals surface area contributed by atoms with Crippen LogP contribution in [0.2, 0.25) is 0 Å². The summed E-state index contributed by atoms with van der Waals surface area (Å²) >= 11 is 0. The summed E-state index contributed by atoms with van der Waals surface area (Å²) in [5.74, 6) is 0. The average molecular weight is 318 g/mol. The molecule has 0 aliphatic carbocycles. The van der Waals surface area contributed by atoms with Gasteiger partial charge in [0, 0.05) is 25.8 Å². The molecule has 0 aromatic rings. The van der Waals surface area contributed by atoms with Crippen molar-refractivity contribution in [1.29, 1.82) is 0 Å². The molecule has 0 radical (unpaired) electrons. The average Bonchev–Trinajstić information content (AvgIpc) is 1.61. The van der Waals surface area contributed by atoms with E-state index < -0.39 is 0 Å². The van der Waals surface area contributed by atoms with E-state index in [1.54, 1.807) is 0 Å². The zero-order valence-electron chi connectivity index (χ0n) is 6.54. The first-order chi connectivity index (χ1) is 2.91. The molecule has 0 atom stereocenters. The summed E-state index contributed by atoms with van der Waals surface area (Å²) in [7, 11) is 0. The molecule has 0 spiro atoms. The fourth-order valence-corrected chi connectivity index (χ4v) is 0.427. The minimum absolute atomic E-state index is 0. The van der Waals surface area contributed by atoms with E-state index in [4.69, 9.17) is 0 Å². The molecular weight excluding hydrogens is 299 g/mol. The Bertz CT molecular complexity index is 25.0. The molecule has 0 aromatic carbocycles. The van der Waals surface area contributed by atoms with E-state index in [9.17, 15) is 0 Å². The molecule has 0 aliphatic rings. The molecule has 4 heteroatoms. The fourth-order valence-electron chi connectivity index (χ4n) is 0.427. The maximum Gasteiger partial charge on any atom is 0 e. The van der Waals surface area contributed by atoms with Gasteiger partial charge in [-0.15, -0.1) is 0 Å². The van der Waals surface area contributed by atoms with Gasteiger partial charge >= 0.3 is 0 Å². The molecule has 0 bridgehead atoms. The Morgan fingerprint density at radius 3 is 1.50 bits per heavy atom. The van der Waals surface area contributed by atoms with Gasteiger partial charge in [0.15, 0.2) is 0 Å². The largest absolute Gasteiger partial charge is 0.412 e. The van der Waals surface area contributed by atoms with Crippen LogP contribution in [0, 0.1) is 6.92 Å². The molecule has 0 saturated carbocycles. The van der Waals surface area contributed by atoms with Gasteiger partial charge in [0.1, 0.15) is 0 Å². The number of rotatable bonds is 3. The maximum atomic E-state index is 3.72. The van der Waals surface area contributed by atoms with Crippen LogP contribution in [0.1, 0.15) is 32.6 Å². The van der Waals surface area contributed by atoms with Crippen LogP contribution in [0.5, 0.6) is 0 Å². The van der Waals surface area contributed by atoms with E-state index in [1.807, 2.05) is 0 Å². The molecule has 0 saturated heterocycles. The second-order valence-corrected chi connectivity index (χ2v) is 1.56. The van der Waals surface area contributed by atoms with Crippen molar-refractivity contribution in [2.75, 3.05) is 0 Å². The first-order valence-electron chi connectivity index (χ1n) is 2.71. The van der Waals surface area contributed by atoms with Crippen LogP contribution in [0.4, 0.5) is 0 Å². The Labute approximate surface area is 81.9 Å². The smallest absolute Gasteiger partial charge is 0 e. The molecule has 0 aliphatic heterocycles. The van der Waals surface area contributed by atoms with Gasteiger partial charge in [0.2, 0.25) is 0 Å². The molecule has 10 heavy (non-hydrogen) atoms. The minimum Gasteiger partial charge on any atom is -0.412 e. The van der Waals surface area contributed by atoms with Gasteiger partial charge in [-0.25, -0.2) is 0 Å². The summed E-state index contributed by atoms with van der Waals surface area (Å²) in [4.78, 5) is 0. The predicted molar refractivity (Wildman–Crippen MR) is 40.3 cm³/mol. The Hall–Kier alpha value is 0.750. The Morgan fingerprint density at radius 1 is 1.00 bits per heavy atom. The van der Waals surface area contributed by atoms with E-state index in [2.05, 4.69) is 13.8 Å². The molecule has 0 amide bonds. The van der Waals surface area contributed by atoms with Gasteiger partial charge in [0.25, 0.3) is 0 Å². The second kappa shape index (κ2) is 33.1. The van der Waals surface area contributed by atoms with Gasteiger partial charge in [0.05, 0.1) is 0 Å². The predicted octanol–water partition coefficient (Wildman–Crippen LogP) is -0.0758. The standard InChI is InChI=1S/C6H13.Hf.3H2O/c1-3-5-6-4-2;;;;/h1,3-6H2,2H3;;3*1H2/q-1;;;;. The summed E-state index contributed by atoms with van der Waals surface area (Å²) in [6.45, 7) is 5.93. The van der Waals surface area contributed by atoms with Crippen molar-refractivity contribution >= 4 is 0 Å². The molecule has 0 heterocycles. The van der Waals surface area contributed by atoms with Crippen molar-refractivity contribution in [1.82, 2.24) is 0 Å². The SMILES string of the molecule is O.O.O.[CH2-]CCCCC.[Hf]. The number of unbranched alkanes of at least 4 members (excludes halogenated alkanes) is 3. The third-order valence-electron chi connectivity index (χ3n) is 0.854. The van der Waals surface area contributed by atoms with E-state index >= 15 is 0 Å². The van der Waals surface area contributed by atoms with E-state index in [0.717, 1.165) is 6.42 Å². The van der Waals surface area contributed by atoms with E-state index in [1.165, 1.54) is 19.3 Å². The summed E-state index contributed by atoms with van der Waals surface area (Å²) in [6.07, 6.45) is 5.07. The quantitative estimate of drug-likeness (QED) is 0.396. The van der Waals surface area contributed by atoms with Crippen molar-refractivity contribution in [3.63, 3.8) is 0 Å². The molecule has 66 valence electrons. The molecule has 0 fully saturated rings. The normalized spacial score (nSPS) is 5.40. The van der Waals surface area contributed by atoms with Crippen molar-refractivity contribution < 1.29 is 42.3 Å². The molecule has 0 aromatic heterocycles. The fraction of sp³-hybridized carbons (Fsp3) is 0.833. The van der Waals surface area contributed by atoms with Crippen LogP contribution in [0.15, 0.2) is 0 Å². The van der Waals surface area contributed by atoms with Crippen molar-refractivity contribution in [3.8, 4) is 0 Å². The third kappa shape index (κ3) is 37.4. The zero-order chi connectivity index (χ0) is 4.83. The van der Waals surface area contributed by atoms with Crippen molar-refractivity contribution in [3.05, 3.63) is 6.92 Å². The molecular formula is C6H19HfO3-. The van der Waals surface area contributed by atoms with Crippen LogP contribution >= 0.6 is 0 Å². The summed E-state index contributed by atoms with van der Waals surface area (Å²) in [5, 5.41) is 0. The molecule has 0 rings (SSSR count). The van der Waals surface area contributed by atoms with E-state index in [-0.39, 0.29) is 42.3 Å². The van der Waals surface area contributed by atoms with Gasteiger partial charge in [-0.05, 0) is 0 Å². The minimum atomic E-state index is 0. The Morgan fingerprint density at radius 2 is 1.40 bits per heavy atom. The van der Waals surface area contributed by atoms with Crippen LogP contribution < -0.4 is 0 Å². The first kappa shape index (κ1) is 30.9. The van der Waals surface area contributed by atoms with Crippen LogP contribution in [0.3, 0.4) is 0 Å². The summed E-state index contributed by atoms with van der Waals surface area (Å²) in [6, 6.07) is 0. The molecule has 0 unspecified atom stereocenters. The van der Waals surface area contributed by atoms with Gasteiger partial charge in [-0.2, -0.15) is 6.42 Å². The Kier molecular flexibility index (Phi) is 102. The van der Waals surface area contributed by atoms with Crippen molar-refractivity contribution in [2.45, 2.75) is 32.6 Å². The van der Waals surface area contributed by atoms with Gasteiger partial charge < -0.3 is 23.4 Å². The van der Waals surface area contributed by atoms with Crippen LogP contribution in [-0.4, -0.2) is 16.4 Å². The second-order valence-electron chi connectivity index (χ2n) is 1.56. The number of hydrogen-bond donors (Lipinski definition) is 0. The number of hydrogen-bond acceptors (Lipinski definition) is 0. The topological polar surface area (TPSA) is 94.5 Å². The monoisotopic (exact) mass is 319 g/mol. The summed E-state index contributed by atoms with van der Waals surface area (Å²) in [5.41, 5.74) is 0. The summed E-state index contributed by atoms with van der Waals surface area (Å²) < 4.78 is 0. The van der Waals surface area contributed by atoms with Gasteiger partial charge in [-0.1, -0.05) is 26.2 Å². The van der Waals surface area contributed by atoms with Crippen molar-refractivity contribution in [2.24, 2.45) is 0 Å².